The lowest BCUT2D eigenvalue weighted by Crippen LogP contribution is -2.30. The van der Waals surface area contributed by atoms with Gasteiger partial charge in [0, 0.05) is 16.5 Å². The van der Waals surface area contributed by atoms with Crippen LogP contribution in [0, 0.1) is 0 Å². The molecule has 2 heterocycles. The highest BCUT2D eigenvalue weighted by atomic mass is 79.9. The monoisotopic (exact) mass is 353 g/mol. The molecule has 1 unspecified atom stereocenters. The summed E-state index contributed by atoms with van der Waals surface area (Å²) >= 11 is 4.72. The molecule has 0 bridgehead atoms. The second kappa shape index (κ2) is 5.21. The third-order valence-electron chi connectivity index (χ3n) is 3.29. The number of aryl methyl sites for hydroxylation is 1. The Morgan fingerprint density at radius 3 is 2.90 bits per heavy atom. The van der Waals surface area contributed by atoms with E-state index >= 15 is 0 Å². The van der Waals surface area contributed by atoms with Gasteiger partial charge in [0.05, 0.1) is 16.6 Å². The summed E-state index contributed by atoms with van der Waals surface area (Å²) in [6.45, 7) is 1.96. The number of hydrazone groups is 1. The summed E-state index contributed by atoms with van der Waals surface area (Å²) < 4.78 is 0.842. The van der Waals surface area contributed by atoms with Crippen LogP contribution in [0.25, 0.3) is 0 Å². The molecule has 0 saturated carbocycles. The number of halogens is 1. The van der Waals surface area contributed by atoms with Crippen LogP contribution in [0.4, 0.5) is 10.5 Å². The van der Waals surface area contributed by atoms with Crippen molar-refractivity contribution in [3.8, 4) is 0 Å². The van der Waals surface area contributed by atoms with Crippen LogP contribution in [0.3, 0.4) is 0 Å². The predicted molar refractivity (Wildman–Crippen MR) is 83.2 cm³/mol. The molecule has 3 rings (SSSR count). The van der Waals surface area contributed by atoms with Gasteiger partial charge in [0.1, 0.15) is 0 Å². The predicted octanol–water partition coefficient (Wildman–Crippen LogP) is 2.88. The maximum atomic E-state index is 11.4. The van der Waals surface area contributed by atoms with Crippen LogP contribution < -0.4 is 10.7 Å². The van der Waals surface area contributed by atoms with Crippen LogP contribution in [0.15, 0.2) is 21.7 Å². The van der Waals surface area contributed by atoms with Gasteiger partial charge in [0.25, 0.3) is 5.24 Å². The van der Waals surface area contributed by atoms with Crippen LogP contribution in [0.2, 0.25) is 0 Å². The van der Waals surface area contributed by atoms with E-state index in [1.165, 1.54) is 11.8 Å². The summed E-state index contributed by atoms with van der Waals surface area (Å²) in [6.07, 6.45) is 1.21. The van der Waals surface area contributed by atoms with E-state index < -0.39 is 0 Å². The SMILES string of the molecule is CC1SC(=O)NN=C1c1cc(Br)c2c(c1)CCC(=O)N2. The molecule has 2 aliphatic rings. The van der Waals surface area contributed by atoms with Gasteiger partial charge in [-0.25, -0.2) is 5.43 Å². The lowest BCUT2D eigenvalue weighted by atomic mass is 9.97. The number of amides is 2. The minimum atomic E-state index is -0.134. The molecule has 0 spiro atoms. The van der Waals surface area contributed by atoms with Gasteiger partial charge in [0.15, 0.2) is 0 Å². The summed E-state index contributed by atoms with van der Waals surface area (Å²) in [4.78, 5) is 22.7. The van der Waals surface area contributed by atoms with Crippen molar-refractivity contribution >= 4 is 50.2 Å². The van der Waals surface area contributed by atoms with Gasteiger partial charge in [-0.15, -0.1) is 0 Å². The molecule has 0 saturated heterocycles. The largest absolute Gasteiger partial charge is 0.325 e. The number of hydrogen-bond donors (Lipinski definition) is 2. The van der Waals surface area contributed by atoms with E-state index in [4.69, 9.17) is 0 Å². The number of hydrogen-bond acceptors (Lipinski definition) is 4. The first kappa shape index (κ1) is 13.6. The first-order valence-electron chi connectivity index (χ1n) is 6.21. The normalized spacial score (nSPS) is 21.7. The van der Waals surface area contributed by atoms with Crippen molar-refractivity contribution in [2.45, 2.75) is 25.0 Å². The number of nitrogens with zero attached hydrogens (tertiary/aromatic N) is 1. The molecule has 1 aromatic carbocycles. The van der Waals surface area contributed by atoms with Crippen molar-refractivity contribution in [1.82, 2.24) is 5.43 Å². The maximum Gasteiger partial charge on any atom is 0.299 e. The first-order chi connectivity index (χ1) is 9.54. The second-order valence-corrected chi connectivity index (χ2v) is 6.86. The minimum absolute atomic E-state index is 0.00637. The van der Waals surface area contributed by atoms with E-state index in [-0.39, 0.29) is 16.4 Å². The highest BCUT2D eigenvalue weighted by molar-refractivity contribution is 9.10. The van der Waals surface area contributed by atoms with Crippen LogP contribution in [0.1, 0.15) is 24.5 Å². The molecule has 2 N–H and O–H groups in total. The molecule has 2 aliphatic heterocycles. The molecular weight excluding hydrogens is 342 g/mol. The zero-order valence-corrected chi connectivity index (χ0v) is 13.1. The van der Waals surface area contributed by atoms with Gasteiger partial charge in [-0.3, -0.25) is 9.59 Å². The van der Waals surface area contributed by atoms with Gasteiger partial charge in [0.2, 0.25) is 5.91 Å². The van der Waals surface area contributed by atoms with E-state index in [2.05, 4.69) is 31.8 Å². The van der Waals surface area contributed by atoms with Crippen molar-refractivity contribution in [2.24, 2.45) is 5.10 Å². The highest BCUT2D eigenvalue weighted by Crippen LogP contribution is 2.33. The number of benzene rings is 1. The molecular formula is C13H12BrN3O2S. The van der Waals surface area contributed by atoms with Crippen LogP contribution in [0.5, 0.6) is 0 Å². The Bertz CT molecular complexity index is 645. The average Bonchev–Trinajstić information content (AvgIpc) is 2.39. The van der Waals surface area contributed by atoms with Crippen LogP contribution in [-0.4, -0.2) is 22.1 Å². The lowest BCUT2D eigenvalue weighted by molar-refractivity contribution is -0.116. The molecule has 0 aliphatic carbocycles. The van der Waals surface area contributed by atoms with Crippen LogP contribution in [-0.2, 0) is 11.2 Å². The number of rotatable bonds is 1. The van der Waals surface area contributed by atoms with Gasteiger partial charge in [-0.2, -0.15) is 5.10 Å². The Morgan fingerprint density at radius 1 is 1.35 bits per heavy atom. The van der Waals surface area contributed by atoms with E-state index in [9.17, 15) is 9.59 Å². The fourth-order valence-corrected chi connectivity index (χ4v) is 3.66. The van der Waals surface area contributed by atoms with Crippen molar-refractivity contribution in [1.29, 1.82) is 0 Å². The Labute approximate surface area is 128 Å². The fraction of sp³-hybridized carbons (Fsp3) is 0.308. The summed E-state index contributed by atoms with van der Waals surface area (Å²) in [5.41, 5.74) is 6.23. The molecule has 2 amide bonds. The molecule has 0 aromatic heterocycles. The molecule has 20 heavy (non-hydrogen) atoms. The standard InChI is InChI=1S/C13H12BrN3O2S/c1-6-11(16-17-13(19)20-6)8-4-7-2-3-10(18)15-12(7)9(14)5-8/h4-6H,2-3H2,1H3,(H,15,18)(H,17,19). The van der Waals surface area contributed by atoms with Crippen molar-refractivity contribution in [3.63, 3.8) is 0 Å². The molecule has 1 atom stereocenters. The zero-order chi connectivity index (χ0) is 14.3. The lowest BCUT2D eigenvalue weighted by Gasteiger charge is -2.22. The maximum absolute atomic E-state index is 11.4. The molecule has 5 nitrogen and oxygen atoms in total. The topological polar surface area (TPSA) is 70.6 Å². The Balaban J connectivity index is 2.02. The average molecular weight is 354 g/mol. The summed E-state index contributed by atoms with van der Waals surface area (Å²) in [6, 6.07) is 3.96. The smallest absolute Gasteiger partial charge is 0.299 e. The number of fused-ring (bicyclic) bond motifs is 1. The number of anilines is 1. The molecule has 0 radical (unpaired) electrons. The van der Waals surface area contributed by atoms with E-state index in [0.29, 0.717) is 6.42 Å². The third kappa shape index (κ3) is 2.47. The van der Waals surface area contributed by atoms with E-state index in [1.807, 2.05) is 19.1 Å². The van der Waals surface area contributed by atoms with Gasteiger partial charge in [-0.05, 0) is 47.0 Å². The highest BCUT2D eigenvalue weighted by Gasteiger charge is 2.25. The van der Waals surface area contributed by atoms with Gasteiger partial charge >= 0.3 is 0 Å². The van der Waals surface area contributed by atoms with Crippen LogP contribution >= 0.6 is 27.7 Å². The first-order valence-corrected chi connectivity index (χ1v) is 7.88. The molecule has 7 heteroatoms. The van der Waals surface area contributed by atoms with E-state index in [0.717, 1.165) is 33.4 Å². The molecule has 104 valence electrons. The minimum Gasteiger partial charge on any atom is -0.325 e. The summed E-state index contributed by atoms with van der Waals surface area (Å²) in [5, 5.41) is 6.90. The molecule has 0 fully saturated rings. The van der Waals surface area contributed by atoms with Crippen molar-refractivity contribution < 1.29 is 9.59 Å². The number of nitrogens with one attached hydrogen (secondary N) is 2. The Kier molecular flexibility index (Phi) is 3.55. The van der Waals surface area contributed by atoms with Crippen molar-refractivity contribution in [3.05, 3.63) is 27.7 Å². The van der Waals surface area contributed by atoms with Crippen molar-refractivity contribution in [2.75, 3.05) is 5.32 Å². The van der Waals surface area contributed by atoms with Gasteiger partial charge < -0.3 is 5.32 Å². The second-order valence-electron chi connectivity index (χ2n) is 4.70. The quantitative estimate of drug-likeness (QED) is 0.815. The summed E-state index contributed by atoms with van der Waals surface area (Å²) in [5.74, 6) is 0.0390. The number of carbonyl (C=O) groups is 2. The number of thioether (sulfide) groups is 1. The third-order valence-corrected chi connectivity index (χ3v) is 4.80. The Morgan fingerprint density at radius 2 is 2.15 bits per heavy atom. The fourth-order valence-electron chi connectivity index (χ4n) is 2.34. The number of carbonyl (C=O) groups excluding carboxylic acids is 2. The Hall–Kier alpha value is -1.34. The van der Waals surface area contributed by atoms with E-state index in [1.54, 1.807) is 0 Å². The molecule has 1 aromatic rings. The zero-order valence-electron chi connectivity index (χ0n) is 10.7. The van der Waals surface area contributed by atoms with Gasteiger partial charge in [-0.1, -0.05) is 11.8 Å². The summed E-state index contributed by atoms with van der Waals surface area (Å²) in [7, 11) is 0.